The number of nitrogens with zero attached hydrogens (tertiary/aromatic N) is 2. The molecule has 1 aromatic rings. The summed E-state index contributed by atoms with van der Waals surface area (Å²) < 4.78 is 4.95. The van der Waals surface area contributed by atoms with Crippen molar-refractivity contribution in [1.29, 1.82) is 0 Å². The van der Waals surface area contributed by atoms with Crippen molar-refractivity contribution in [1.82, 2.24) is 10.2 Å². The van der Waals surface area contributed by atoms with E-state index < -0.39 is 0 Å². The number of rotatable bonds is 7. The van der Waals surface area contributed by atoms with Crippen LogP contribution in [0.2, 0.25) is 0 Å². The predicted octanol–water partition coefficient (Wildman–Crippen LogP) is 0.860. The molecule has 1 amide bonds. The number of methoxy groups -OCH3 is 1. The SMILES string of the molecule is COCCNC(N)=NCc1ccccc1CN1CCCC1=O. The van der Waals surface area contributed by atoms with Gasteiger partial charge >= 0.3 is 0 Å². The van der Waals surface area contributed by atoms with E-state index in [0.29, 0.717) is 38.6 Å². The molecule has 0 saturated carbocycles. The summed E-state index contributed by atoms with van der Waals surface area (Å²) >= 11 is 0. The monoisotopic (exact) mass is 304 g/mol. The first-order valence-electron chi connectivity index (χ1n) is 7.58. The summed E-state index contributed by atoms with van der Waals surface area (Å²) in [7, 11) is 1.64. The van der Waals surface area contributed by atoms with Gasteiger partial charge in [0, 0.05) is 33.2 Å². The second kappa shape index (κ2) is 8.38. The van der Waals surface area contributed by atoms with Gasteiger partial charge in [-0.3, -0.25) is 4.79 Å². The van der Waals surface area contributed by atoms with Crippen LogP contribution in [-0.4, -0.2) is 43.6 Å². The number of benzene rings is 1. The Morgan fingerprint density at radius 3 is 2.86 bits per heavy atom. The van der Waals surface area contributed by atoms with E-state index in [1.54, 1.807) is 7.11 Å². The molecule has 0 unspecified atom stereocenters. The highest BCUT2D eigenvalue weighted by Gasteiger charge is 2.20. The van der Waals surface area contributed by atoms with Crippen molar-refractivity contribution in [3.63, 3.8) is 0 Å². The van der Waals surface area contributed by atoms with Crippen LogP contribution in [-0.2, 0) is 22.6 Å². The average Bonchev–Trinajstić information content (AvgIpc) is 2.92. The normalized spacial score (nSPS) is 15.4. The van der Waals surface area contributed by atoms with Crippen LogP contribution in [0.25, 0.3) is 0 Å². The summed E-state index contributed by atoms with van der Waals surface area (Å²) in [5, 5.41) is 2.99. The molecule has 2 rings (SSSR count). The average molecular weight is 304 g/mol. The number of amides is 1. The number of nitrogens with one attached hydrogen (secondary N) is 1. The van der Waals surface area contributed by atoms with Crippen LogP contribution in [0.15, 0.2) is 29.3 Å². The lowest BCUT2D eigenvalue weighted by molar-refractivity contribution is -0.128. The van der Waals surface area contributed by atoms with Gasteiger partial charge in [0.15, 0.2) is 5.96 Å². The smallest absolute Gasteiger partial charge is 0.222 e. The summed E-state index contributed by atoms with van der Waals surface area (Å²) in [6.45, 7) is 3.22. The van der Waals surface area contributed by atoms with Gasteiger partial charge in [0.2, 0.25) is 5.91 Å². The second-order valence-electron chi connectivity index (χ2n) is 5.31. The number of nitrogens with two attached hydrogens (primary N) is 1. The summed E-state index contributed by atoms with van der Waals surface area (Å²) in [6.07, 6.45) is 1.62. The van der Waals surface area contributed by atoms with Gasteiger partial charge < -0.3 is 20.7 Å². The highest BCUT2D eigenvalue weighted by molar-refractivity contribution is 5.78. The summed E-state index contributed by atoms with van der Waals surface area (Å²) in [4.78, 5) is 18.0. The molecule has 120 valence electrons. The van der Waals surface area contributed by atoms with Gasteiger partial charge in [-0.25, -0.2) is 4.99 Å². The number of carbonyl (C=O) groups excluding carboxylic acids is 1. The number of carbonyl (C=O) groups is 1. The molecule has 6 nitrogen and oxygen atoms in total. The minimum atomic E-state index is 0.235. The molecule has 0 bridgehead atoms. The Bertz CT molecular complexity index is 531. The standard InChI is InChI=1S/C16H24N4O2/c1-22-10-8-18-16(17)19-11-13-5-2-3-6-14(13)12-20-9-4-7-15(20)21/h2-3,5-6H,4,7-12H2,1H3,(H3,17,18,19). The van der Waals surface area contributed by atoms with Crippen molar-refractivity contribution in [3.05, 3.63) is 35.4 Å². The molecular formula is C16H24N4O2. The van der Waals surface area contributed by atoms with Crippen molar-refractivity contribution in [2.45, 2.75) is 25.9 Å². The minimum absolute atomic E-state index is 0.235. The fraction of sp³-hybridized carbons (Fsp3) is 0.500. The number of hydrogen-bond donors (Lipinski definition) is 2. The Morgan fingerprint density at radius 1 is 1.41 bits per heavy atom. The minimum Gasteiger partial charge on any atom is -0.383 e. The zero-order valence-electron chi connectivity index (χ0n) is 13.0. The van der Waals surface area contributed by atoms with Crippen LogP contribution in [0.1, 0.15) is 24.0 Å². The first kappa shape index (κ1) is 16.3. The highest BCUT2D eigenvalue weighted by Crippen LogP contribution is 2.17. The van der Waals surface area contributed by atoms with E-state index in [2.05, 4.69) is 10.3 Å². The summed E-state index contributed by atoms with van der Waals surface area (Å²) in [6, 6.07) is 8.05. The molecule has 1 saturated heterocycles. The van der Waals surface area contributed by atoms with Crippen molar-refractivity contribution in [2.75, 3.05) is 26.8 Å². The number of hydrogen-bond acceptors (Lipinski definition) is 3. The summed E-state index contributed by atoms with van der Waals surface area (Å²) in [5.74, 6) is 0.642. The number of aliphatic imine (C=N–C) groups is 1. The van der Waals surface area contributed by atoms with E-state index in [9.17, 15) is 4.79 Å². The van der Waals surface area contributed by atoms with Gasteiger partial charge in [-0.2, -0.15) is 0 Å². The van der Waals surface area contributed by atoms with Crippen molar-refractivity contribution in [2.24, 2.45) is 10.7 Å². The van der Waals surface area contributed by atoms with Gasteiger partial charge in [0.25, 0.3) is 0 Å². The van der Waals surface area contributed by atoms with Crippen LogP contribution in [0.5, 0.6) is 0 Å². The van der Waals surface area contributed by atoms with E-state index in [1.165, 1.54) is 0 Å². The molecule has 1 fully saturated rings. The molecule has 0 atom stereocenters. The molecule has 1 heterocycles. The summed E-state index contributed by atoms with van der Waals surface area (Å²) in [5.41, 5.74) is 8.04. The molecule has 0 aromatic heterocycles. The van der Waals surface area contributed by atoms with Gasteiger partial charge in [0.1, 0.15) is 0 Å². The molecule has 0 spiro atoms. The Kier molecular flexibility index (Phi) is 6.21. The predicted molar refractivity (Wildman–Crippen MR) is 86.3 cm³/mol. The third-order valence-corrected chi connectivity index (χ3v) is 3.68. The number of likely N-dealkylation sites (tertiary alicyclic amines) is 1. The Balaban J connectivity index is 1.96. The third-order valence-electron chi connectivity index (χ3n) is 3.68. The largest absolute Gasteiger partial charge is 0.383 e. The molecule has 0 aliphatic carbocycles. The molecule has 3 N–H and O–H groups in total. The number of ether oxygens (including phenoxy) is 1. The van der Waals surface area contributed by atoms with E-state index in [4.69, 9.17) is 10.5 Å². The number of guanidine groups is 1. The molecule has 1 aliphatic rings. The molecule has 0 radical (unpaired) electrons. The first-order chi connectivity index (χ1) is 10.7. The lowest BCUT2D eigenvalue weighted by atomic mass is 10.1. The van der Waals surface area contributed by atoms with E-state index in [0.717, 1.165) is 24.1 Å². The topological polar surface area (TPSA) is 80.0 Å². The molecule has 6 heteroatoms. The molecule has 1 aliphatic heterocycles. The first-order valence-corrected chi connectivity index (χ1v) is 7.58. The molecular weight excluding hydrogens is 280 g/mol. The Hall–Kier alpha value is -2.08. The van der Waals surface area contributed by atoms with Crippen LogP contribution >= 0.6 is 0 Å². The van der Waals surface area contributed by atoms with Gasteiger partial charge in [0.05, 0.1) is 13.2 Å². The fourth-order valence-corrected chi connectivity index (χ4v) is 2.45. The van der Waals surface area contributed by atoms with E-state index in [1.807, 2.05) is 29.2 Å². The van der Waals surface area contributed by atoms with Crippen molar-refractivity contribution in [3.8, 4) is 0 Å². The lowest BCUT2D eigenvalue weighted by Crippen LogP contribution is -2.34. The van der Waals surface area contributed by atoms with Crippen molar-refractivity contribution >= 4 is 11.9 Å². The Morgan fingerprint density at radius 2 is 2.18 bits per heavy atom. The Labute approximate surface area is 131 Å². The van der Waals surface area contributed by atoms with E-state index >= 15 is 0 Å². The lowest BCUT2D eigenvalue weighted by Gasteiger charge is -2.17. The van der Waals surface area contributed by atoms with Gasteiger partial charge in [-0.15, -0.1) is 0 Å². The van der Waals surface area contributed by atoms with Crippen LogP contribution in [0.4, 0.5) is 0 Å². The quantitative estimate of drug-likeness (QED) is 0.445. The van der Waals surface area contributed by atoms with Crippen LogP contribution < -0.4 is 11.1 Å². The zero-order chi connectivity index (χ0) is 15.8. The third kappa shape index (κ3) is 4.73. The molecule has 22 heavy (non-hydrogen) atoms. The maximum absolute atomic E-state index is 11.8. The van der Waals surface area contributed by atoms with Crippen LogP contribution in [0.3, 0.4) is 0 Å². The second-order valence-corrected chi connectivity index (χ2v) is 5.31. The van der Waals surface area contributed by atoms with E-state index in [-0.39, 0.29) is 5.91 Å². The fourth-order valence-electron chi connectivity index (χ4n) is 2.45. The zero-order valence-corrected chi connectivity index (χ0v) is 13.0. The van der Waals surface area contributed by atoms with Gasteiger partial charge in [-0.1, -0.05) is 24.3 Å². The van der Waals surface area contributed by atoms with Gasteiger partial charge in [-0.05, 0) is 17.5 Å². The molecule has 1 aromatic carbocycles. The van der Waals surface area contributed by atoms with Crippen LogP contribution in [0, 0.1) is 0 Å². The maximum atomic E-state index is 11.8. The van der Waals surface area contributed by atoms with Crippen molar-refractivity contribution < 1.29 is 9.53 Å². The highest BCUT2D eigenvalue weighted by atomic mass is 16.5. The maximum Gasteiger partial charge on any atom is 0.222 e.